The van der Waals surface area contributed by atoms with Crippen LogP contribution < -0.4 is 15.4 Å². The van der Waals surface area contributed by atoms with Crippen molar-refractivity contribution in [3.63, 3.8) is 0 Å². The van der Waals surface area contributed by atoms with E-state index >= 15 is 0 Å². The van der Waals surface area contributed by atoms with E-state index in [1.807, 2.05) is 55.5 Å². The Labute approximate surface area is 204 Å². The van der Waals surface area contributed by atoms with Gasteiger partial charge in [-0.05, 0) is 63.4 Å². The highest BCUT2D eigenvalue weighted by molar-refractivity contribution is 5.96. The molecule has 3 N–H and O–H groups in total. The number of carbonyl (C=O) groups is 1. The minimum absolute atomic E-state index is 0.0375. The zero-order valence-electron chi connectivity index (χ0n) is 20.1. The molecule has 0 atom stereocenters. The molecule has 180 valence electrons. The lowest BCUT2D eigenvalue weighted by Crippen LogP contribution is -2.29. The van der Waals surface area contributed by atoms with Crippen molar-refractivity contribution in [2.45, 2.75) is 45.3 Å². The van der Waals surface area contributed by atoms with Crippen molar-refractivity contribution in [3.05, 3.63) is 71.9 Å². The van der Waals surface area contributed by atoms with E-state index in [0.717, 1.165) is 29.7 Å². The number of aromatic nitrogens is 3. The van der Waals surface area contributed by atoms with Crippen LogP contribution in [0.1, 0.15) is 42.6 Å². The second-order valence-electron chi connectivity index (χ2n) is 9.63. The molecule has 0 spiro atoms. The Balaban J connectivity index is 1.53. The topological polar surface area (TPSA) is 101 Å². The Morgan fingerprint density at radius 2 is 1.94 bits per heavy atom. The van der Waals surface area contributed by atoms with Crippen molar-refractivity contribution in [1.29, 1.82) is 0 Å². The Morgan fingerprint density at radius 3 is 2.63 bits per heavy atom. The van der Waals surface area contributed by atoms with Gasteiger partial charge in [-0.3, -0.25) is 4.79 Å². The molecule has 35 heavy (non-hydrogen) atoms. The monoisotopic (exact) mass is 471 g/mol. The van der Waals surface area contributed by atoms with Crippen LogP contribution in [0, 0.1) is 6.92 Å². The molecule has 2 aromatic carbocycles. The van der Waals surface area contributed by atoms with Crippen LogP contribution in [0.5, 0.6) is 11.6 Å². The summed E-state index contributed by atoms with van der Waals surface area (Å²) in [6.07, 6.45) is 3.85. The molecule has 0 bridgehead atoms. The molecule has 1 aliphatic rings. The Hall–Kier alpha value is -3.91. The van der Waals surface area contributed by atoms with E-state index in [4.69, 9.17) is 9.84 Å². The molecule has 1 amide bonds. The van der Waals surface area contributed by atoms with Crippen molar-refractivity contribution >= 4 is 17.2 Å². The number of aryl methyl sites for hydroxylation is 1. The molecular weight excluding hydrogens is 442 g/mol. The van der Waals surface area contributed by atoms with E-state index in [1.165, 1.54) is 0 Å². The summed E-state index contributed by atoms with van der Waals surface area (Å²) in [5, 5.41) is 21.2. The second-order valence-corrected chi connectivity index (χ2v) is 9.63. The smallest absolute Gasteiger partial charge is 0.251 e. The quantitative estimate of drug-likeness (QED) is 0.348. The number of nitrogens with zero attached hydrogens (tertiary/aromatic N) is 3. The molecule has 0 saturated heterocycles. The van der Waals surface area contributed by atoms with Gasteiger partial charge in [0.2, 0.25) is 5.88 Å². The molecule has 8 heteroatoms. The van der Waals surface area contributed by atoms with Gasteiger partial charge in [0.15, 0.2) is 5.65 Å². The van der Waals surface area contributed by atoms with Gasteiger partial charge in [-0.2, -0.15) is 0 Å². The zero-order chi connectivity index (χ0) is 24.6. The number of amides is 1. The summed E-state index contributed by atoms with van der Waals surface area (Å²) in [5.41, 5.74) is 3.59. The highest BCUT2D eigenvalue weighted by atomic mass is 16.5. The van der Waals surface area contributed by atoms with Gasteiger partial charge in [-0.15, -0.1) is 5.10 Å². The summed E-state index contributed by atoms with van der Waals surface area (Å²) in [4.78, 5) is 17.2. The highest BCUT2D eigenvalue weighted by Crippen LogP contribution is 2.30. The molecule has 0 unspecified atom stereocenters. The van der Waals surface area contributed by atoms with Gasteiger partial charge in [0.1, 0.15) is 5.75 Å². The first kappa shape index (κ1) is 22.9. The molecule has 1 aliphatic carbocycles. The molecule has 5 rings (SSSR count). The van der Waals surface area contributed by atoms with Gasteiger partial charge in [0.05, 0.1) is 23.2 Å². The molecule has 1 fully saturated rings. The van der Waals surface area contributed by atoms with Crippen molar-refractivity contribution in [1.82, 2.24) is 19.9 Å². The summed E-state index contributed by atoms with van der Waals surface area (Å²) >= 11 is 0. The van der Waals surface area contributed by atoms with E-state index in [9.17, 15) is 9.90 Å². The average molecular weight is 472 g/mol. The number of rotatable bonds is 8. The third kappa shape index (κ3) is 5.27. The van der Waals surface area contributed by atoms with Crippen molar-refractivity contribution in [2.75, 3.05) is 11.9 Å². The fraction of sp³-hybridized carbons (Fsp3) is 0.296. The number of benzene rings is 2. The van der Waals surface area contributed by atoms with Crippen molar-refractivity contribution < 1.29 is 14.6 Å². The molecule has 0 aliphatic heterocycles. The number of anilines is 1. The van der Waals surface area contributed by atoms with E-state index in [2.05, 4.69) is 15.6 Å². The summed E-state index contributed by atoms with van der Waals surface area (Å²) in [6, 6.07) is 17.3. The number of aliphatic hydroxyl groups is 1. The van der Waals surface area contributed by atoms with E-state index in [-0.39, 0.29) is 5.91 Å². The van der Waals surface area contributed by atoms with E-state index < -0.39 is 5.60 Å². The number of carbonyl (C=O) groups excluding carboxylic acids is 1. The Morgan fingerprint density at radius 1 is 1.17 bits per heavy atom. The van der Waals surface area contributed by atoms with Crippen LogP contribution in [0.4, 0.5) is 5.69 Å². The van der Waals surface area contributed by atoms with Crippen LogP contribution in [-0.4, -0.2) is 43.8 Å². The molecule has 2 heterocycles. The van der Waals surface area contributed by atoms with Crippen molar-refractivity contribution in [2.24, 2.45) is 0 Å². The largest absolute Gasteiger partial charge is 0.438 e. The maximum absolute atomic E-state index is 12.6. The lowest BCUT2D eigenvalue weighted by atomic mass is 10.0. The van der Waals surface area contributed by atoms with Gasteiger partial charge >= 0.3 is 0 Å². The van der Waals surface area contributed by atoms with Crippen LogP contribution in [0.15, 0.2) is 60.8 Å². The average Bonchev–Trinajstić information content (AvgIpc) is 3.53. The number of para-hydroxylation sites is 1. The molecular formula is C27H29N5O3. The number of ether oxygens (including phenoxy) is 1. The maximum atomic E-state index is 12.6. The van der Waals surface area contributed by atoms with Crippen LogP contribution in [0.25, 0.3) is 16.9 Å². The zero-order valence-corrected chi connectivity index (χ0v) is 20.1. The molecule has 4 aromatic rings. The van der Waals surface area contributed by atoms with Gasteiger partial charge in [-0.25, -0.2) is 9.50 Å². The maximum Gasteiger partial charge on any atom is 0.251 e. The van der Waals surface area contributed by atoms with Gasteiger partial charge in [-0.1, -0.05) is 24.3 Å². The fourth-order valence-corrected chi connectivity index (χ4v) is 3.81. The minimum Gasteiger partial charge on any atom is -0.438 e. The van der Waals surface area contributed by atoms with Gasteiger partial charge in [0.25, 0.3) is 5.91 Å². The molecule has 0 radical (unpaired) electrons. The normalized spacial score (nSPS) is 13.6. The van der Waals surface area contributed by atoms with E-state index in [1.54, 1.807) is 30.6 Å². The van der Waals surface area contributed by atoms with Crippen LogP contribution in [0.2, 0.25) is 0 Å². The lowest BCUT2D eigenvalue weighted by Gasteiger charge is -2.19. The molecule has 1 saturated carbocycles. The first-order valence-electron chi connectivity index (χ1n) is 11.8. The molecule has 8 nitrogen and oxygen atoms in total. The Kier molecular flexibility index (Phi) is 5.90. The summed E-state index contributed by atoms with van der Waals surface area (Å²) in [6.45, 7) is 5.73. The third-order valence-electron chi connectivity index (χ3n) is 5.80. The molecule has 2 aromatic heterocycles. The first-order chi connectivity index (χ1) is 16.8. The highest BCUT2D eigenvalue weighted by Gasteiger charge is 2.24. The van der Waals surface area contributed by atoms with Crippen LogP contribution in [-0.2, 0) is 0 Å². The second kappa shape index (κ2) is 9.03. The first-order valence-corrected chi connectivity index (χ1v) is 11.8. The van der Waals surface area contributed by atoms with Crippen LogP contribution in [0.3, 0.4) is 0 Å². The number of imidazole rings is 1. The number of hydrogen-bond donors (Lipinski definition) is 3. The fourth-order valence-electron chi connectivity index (χ4n) is 3.81. The van der Waals surface area contributed by atoms with Crippen molar-refractivity contribution in [3.8, 4) is 22.9 Å². The van der Waals surface area contributed by atoms with Crippen LogP contribution >= 0.6 is 0 Å². The summed E-state index contributed by atoms with van der Waals surface area (Å²) in [7, 11) is 0. The third-order valence-corrected chi connectivity index (χ3v) is 5.80. The van der Waals surface area contributed by atoms with E-state index in [0.29, 0.717) is 41.1 Å². The number of fused-ring (bicyclic) bond motifs is 1. The Bertz CT molecular complexity index is 1370. The SMILES string of the molecule is Cc1cc(-c2cnc3c(NCC(C)(C)O)cc(Oc4ccccc4)nn23)ccc1C(=O)NC1CC1. The number of hydrogen-bond acceptors (Lipinski definition) is 6. The van der Waals surface area contributed by atoms with Gasteiger partial charge < -0.3 is 20.5 Å². The van der Waals surface area contributed by atoms with Gasteiger partial charge in [0, 0.05) is 29.8 Å². The minimum atomic E-state index is -0.913. The predicted octanol–water partition coefficient (Wildman–Crippen LogP) is 4.57. The standard InChI is InChI=1S/C27H29N5O3/c1-17-13-18(9-12-21(17)26(33)30-19-10-11-19)23-15-28-25-22(29-16-27(2,3)34)14-24(31-32(23)25)35-20-7-5-4-6-8-20/h4-9,12-15,19,29,34H,10-11,16H2,1-3H3,(H,30,33). The predicted molar refractivity (Wildman–Crippen MR) is 135 cm³/mol. The lowest BCUT2D eigenvalue weighted by molar-refractivity contribution is 0.0940. The summed E-state index contributed by atoms with van der Waals surface area (Å²) < 4.78 is 7.75. The summed E-state index contributed by atoms with van der Waals surface area (Å²) in [5.74, 6) is 1.01. The number of nitrogens with one attached hydrogen (secondary N) is 2.